The number of fused-ring (bicyclic) bond motifs is 1. The minimum Gasteiger partial charge on any atom is -0.614 e. The van der Waals surface area contributed by atoms with E-state index >= 15 is 18.9 Å². The fraction of sp³-hybridized carbons (Fsp3) is 0.155. The molecule has 0 spiro atoms. The normalized spacial score (nSPS) is 16.3. The quantitative estimate of drug-likeness (QED) is 0.00894. The number of thioether (sulfide) groups is 2. The molecule has 456 valence electrons. The van der Waals surface area contributed by atoms with Gasteiger partial charge in [-0.05, 0) is 59.8 Å². The van der Waals surface area contributed by atoms with Crippen molar-refractivity contribution >= 4 is 80.8 Å². The SMILES string of the molecule is CC(C)(C)OC(=O)Nc1nc(/C(=N/OC(c2ccccc2)(c2ccccc2)c2ccccc2)C(=O)N[C@@H]2C(=O)N3C(C(=O)OC(c4ccccc4)c4ccccc4)=C(SC(Sc4nc[nH]n4)C(c4ccccc4)(c4ccccc4)c4ccccc4)C[S+]([O-])[C@@H]23)cs1. The van der Waals surface area contributed by atoms with Crippen LogP contribution in [0.5, 0.6) is 0 Å². The summed E-state index contributed by atoms with van der Waals surface area (Å²) in [7, 11) is 0. The van der Waals surface area contributed by atoms with Crippen LogP contribution in [0.1, 0.15) is 77.1 Å². The number of aromatic amines is 1. The molecule has 8 aromatic carbocycles. The molecule has 0 radical (unpaired) electrons. The first-order chi connectivity index (χ1) is 44.3. The Morgan fingerprint density at radius 3 is 1.58 bits per heavy atom. The van der Waals surface area contributed by atoms with E-state index in [4.69, 9.17) is 19.5 Å². The Bertz CT molecular complexity index is 3960. The van der Waals surface area contributed by atoms with E-state index in [1.165, 1.54) is 40.1 Å². The van der Waals surface area contributed by atoms with Crippen LogP contribution in [0.15, 0.2) is 275 Å². The predicted molar refractivity (Wildman–Crippen MR) is 355 cm³/mol. The number of hydrogen-bond acceptors (Lipinski definition) is 15. The number of esters is 1. The topological polar surface area (TPSA) is 213 Å². The van der Waals surface area contributed by atoms with Crippen LogP contribution in [0, 0.1) is 0 Å². The lowest BCUT2D eigenvalue weighted by Crippen LogP contribution is -2.75. The average Bonchev–Trinajstić information content (AvgIpc) is 0.782. The number of oxime groups is 1. The van der Waals surface area contributed by atoms with Gasteiger partial charge in [-0.15, -0.1) is 28.2 Å². The van der Waals surface area contributed by atoms with Crippen LogP contribution in [0.3, 0.4) is 0 Å². The van der Waals surface area contributed by atoms with E-state index in [9.17, 15) is 4.79 Å². The van der Waals surface area contributed by atoms with E-state index in [2.05, 4.69) is 67.2 Å². The molecule has 1 saturated heterocycles. The first kappa shape index (κ1) is 61.7. The van der Waals surface area contributed by atoms with Crippen molar-refractivity contribution in [2.24, 2.45) is 5.16 Å². The number of anilines is 1. The van der Waals surface area contributed by atoms with Gasteiger partial charge in [0, 0.05) is 22.1 Å². The molecule has 16 nitrogen and oxygen atoms in total. The Morgan fingerprint density at radius 1 is 0.670 bits per heavy atom. The number of thiazole rings is 1. The van der Waals surface area contributed by atoms with Crippen molar-refractivity contribution in [3.8, 4) is 0 Å². The summed E-state index contributed by atoms with van der Waals surface area (Å²) in [5.41, 5.74) is 2.08. The van der Waals surface area contributed by atoms with Crippen molar-refractivity contribution in [1.29, 1.82) is 0 Å². The summed E-state index contributed by atoms with van der Waals surface area (Å²) in [6.07, 6.45) is -0.246. The molecule has 20 heteroatoms. The van der Waals surface area contributed by atoms with Gasteiger partial charge in [0.05, 0.1) is 14.9 Å². The minimum absolute atomic E-state index is 0.0329. The maximum absolute atomic E-state index is 15.9. The Balaban J connectivity index is 0.979. The molecule has 2 aliphatic heterocycles. The molecule has 12 rings (SSSR count). The maximum Gasteiger partial charge on any atom is 0.413 e. The van der Waals surface area contributed by atoms with Gasteiger partial charge < -0.3 is 24.2 Å². The lowest BCUT2D eigenvalue weighted by Gasteiger charge is -2.50. The second-order valence-corrected chi connectivity index (χ2v) is 27.1. The van der Waals surface area contributed by atoms with Gasteiger partial charge in [0.2, 0.25) is 16.1 Å². The van der Waals surface area contributed by atoms with Crippen LogP contribution in [0.25, 0.3) is 0 Å². The summed E-state index contributed by atoms with van der Waals surface area (Å²) in [4.78, 5) is 77.7. The summed E-state index contributed by atoms with van der Waals surface area (Å²) in [5.74, 6) is -2.80. The predicted octanol–water partition coefficient (Wildman–Crippen LogP) is 13.2. The number of amides is 3. The van der Waals surface area contributed by atoms with Gasteiger partial charge in [0.1, 0.15) is 29.1 Å². The van der Waals surface area contributed by atoms with Crippen LogP contribution in [-0.2, 0) is 50.9 Å². The zero-order chi connectivity index (χ0) is 63.0. The Labute approximate surface area is 541 Å². The fourth-order valence-electron chi connectivity index (χ4n) is 11.3. The minimum atomic E-state index is -2.01. The highest BCUT2D eigenvalue weighted by Gasteiger charge is 2.62. The summed E-state index contributed by atoms with van der Waals surface area (Å²) in [6.45, 7) is 5.18. The largest absolute Gasteiger partial charge is 0.614 e. The third-order valence-corrected chi connectivity index (χ3v) is 20.6. The maximum atomic E-state index is 15.9. The highest BCUT2D eigenvalue weighted by Crippen LogP contribution is 2.56. The molecule has 2 aliphatic rings. The number of rotatable bonds is 21. The number of carbonyl (C=O) groups is 4. The Kier molecular flexibility index (Phi) is 18.5. The molecule has 3 N–H and O–H groups in total. The number of nitrogens with one attached hydrogen (secondary N) is 3. The average molecular weight is 1280 g/mol. The monoisotopic (exact) mass is 1280 g/mol. The van der Waals surface area contributed by atoms with E-state index in [1.807, 2.05) is 206 Å². The zero-order valence-electron chi connectivity index (χ0n) is 49.4. The van der Waals surface area contributed by atoms with Crippen LogP contribution < -0.4 is 10.6 Å². The molecule has 2 aromatic heterocycles. The zero-order valence-corrected chi connectivity index (χ0v) is 52.7. The molecule has 91 heavy (non-hydrogen) atoms. The smallest absolute Gasteiger partial charge is 0.413 e. The Morgan fingerprint density at radius 2 is 1.13 bits per heavy atom. The van der Waals surface area contributed by atoms with Crippen molar-refractivity contribution in [2.45, 2.75) is 64.6 Å². The second-order valence-electron chi connectivity index (χ2n) is 22.2. The van der Waals surface area contributed by atoms with Gasteiger partial charge in [-0.3, -0.25) is 24.9 Å². The van der Waals surface area contributed by atoms with Crippen LogP contribution in [-0.4, -0.2) is 86.6 Å². The molecule has 4 heterocycles. The molecule has 0 aliphatic carbocycles. The van der Waals surface area contributed by atoms with Crippen molar-refractivity contribution in [3.05, 3.63) is 315 Å². The van der Waals surface area contributed by atoms with Crippen molar-refractivity contribution in [1.82, 2.24) is 30.4 Å². The highest BCUT2D eigenvalue weighted by atomic mass is 32.2. The molecule has 3 amide bonds. The van der Waals surface area contributed by atoms with Crippen molar-refractivity contribution in [3.63, 3.8) is 0 Å². The van der Waals surface area contributed by atoms with Gasteiger partial charge in [0.15, 0.2) is 23.0 Å². The van der Waals surface area contributed by atoms with E-state index in [0.29, 0.717) is 37.9 Å². The van der Waals surface area contributed by atoms with Crippen molar-refractivity contribution < 1.29 is 38.0 Å². The first-order valence-electron chi connectivity index (χ1n) is 29.1. The molecular formula is C71H60N8O8S4. The number of nitrogens with zero attached hydrogens (tertiary/aromatic N) is 5. The molecular weight excluding hydrogens is 1220 g/mol. The molecule has 0 saturated carbocycles. The number of H-pyrrole nitrogens is 1. The fourth-order valence-corrected chi connectivity index (χ4v) is 17.0. The number of ether oxygens (including phenoxy) is 2. The van der Waals surface area contributed by atoms with Gasteiger partial charge in [-0.1, -0.05) is 260 Å². The van der Waals surface area contributed by atoms with Crippen LogP contribution in [0.4, 0.5) is 9.93 Å². The third-order valence-electron chi connectivity index (χ3n) is 15.3. The summed E-state index contributed by atoms with van der Waals surface area (Å²) < 4.78 is 27.1. The molecule has 4 atom stereocenters. The first-order valence-corrected chi connectivity index (χ1v) is 33.1. The third kappa shape index (κ3) is 13.0. The second kappa shape index (κ2) is 27.3. The summed E-state index contributed by atoms with van der Waals surface area (Å²) in [5, 5.41) is 18.3. The van der Waals surface area contributed by atoms with E-state index < -0.39 is 73.8 Å². The summed E-state index contributed by atoms with van der Waals surface area (Å²) in [6, 6.07) is 75.3. The number of benzene rings is 8. The van der Waals surface area contributed by atoms with Crippen LogP contribution in [0.2, 0.25) is 0 Å². The van der Waals surface area contributed by atoms with Gasteiger partial charge in [-0.25, -0.2) is 19.6 Å². The standard InChI is InChI=1S/C71H60N8O8S4/c1-69(2,3)86-68(83)76-67-74-55(44-88-67)57(78-87-71(52-38-22-9-23-39-52,53-40-24-10-25-41-53)54-42-26-11-27-43-54)61(80)75-58-62(81)79-59(64(82)85-60(47-28-12-4-13-29-47)48-30-14-5-15-31-48)56(45-91(84)63(58)79)89-65(90-66-72-46-73-77-66)70(49-32-16-6-17-33-49,50-34-18-7-19-35-50)51-36-20-8-21-37-51/h4-44,46,58,60,63,65H,45H2,1-3H3,(H,75,80)(H,72,73,77)(H,74,76,83)/b78-57-/t58-,63+,65?,91?/m1/s1. The lowest BCUT2D eigenvalue weighted by atomic mass is 9.70. The number of β-lactam (4-membered cyclic amide) rings is 1. The van der Waals surface area contributed by atoms with E-state index in [1.54, 1.807) is 20.8 Å². The molecule has 2 unspecified atom stereocenters. The van der Waals surface area contributed by atoms with E-state index in [0.717, 1.165) is 28.0 Å². The molecule has 10 aromatic rings. The van der Waals surface area contributed by atoms with Gasteiger partial charge in [-0.2, -0.15) is 0 Å². The van der Waals surface area contributed by atoms with E-state index in [-0.39, 0.29) is 28.0 Å². The molecule has 1 fully saturated rings. The lowest BCUT2D eigenvalue weighted by molar-refractivity contribution is -0.154. The van der Waals surface area contributed by atoms with Crippen LogP contribution >= 0.6 is 34.9 Å². The number of hydrogen-bond donors (Lipinski definition) is 3. The van der Waals surface area contributed by atoms with Crippen molar-refractivity contribution in [2.75, 3.05) is 11.1 Å². The number of carbonyl (C=O) groups excluding carboxylic acids is 4. The Hall–Kier alpha value is -9.57. The summed E-state index contributed by atoms with van der Waals surface area (Å²) >= 11 is 1.61. The number of aromatic nitrogens is 4. The van der Waals surface area contributed by atoms with Gasteiger partial charge >= 0.3 is 12.1 Å². The molecule has 0 bridgehead atoms. The van der Waals surface area contributed by atoms with Gasteiger partial charge in [0.25, 0.3) is 11.8 Å². The highest BCUT2D eigenvalue weighted by molar-refractivity contribution is 8.19.